The largest absolute Gasteiger partial charge is 0.486 e. The number of aromatic nitrogens is 2. The number of H-pyrrole nitrogens is 1. The van der Waals surface area contributed by atoms with Crippen molar-refractivity contribution in [2.24, 2.45) is 0 Å². The normalized spacial score (nSPS) is 14.7. The Labute approximate surface area is 110 Å². The highest BCUT2D eigenvalue weighted by Crippen LogP contribution is 2.36. The number of imidazole rings is 1. The molecule has 5 heteroatoms. The molecule has 96 valence electrons. The fourth-order valence-electron chi connectivity index (χ4n) is 2.23. The van der Waals surface area contributed by atoms with E-state index in [2.05, 4.69) is 16.0 Å². The van der Waals surface area contributed by atoms with Crippen molar-refractivity contribution in [2.45, 2.75) is 12.8 Å². The lowest BCUT2D eigenvalue weighted by Gasteiger charge is -2.21. The second-order valence-corrected chi connectivity index (χ2v) is 4.39. The van der Waals surface area contributed by atoms with E-state index in [4.69, 9.17) is 9.47 Å². The van der Waals surface area contributed by atoms with Crippen LogP contribution < -0.4 is 9.47 Å². The third kappa shape index (κ3) is 2.02. The van der Waals surface area contributed by atoms with Crippen molar-refractivity contribution >= 4 is 0 Å². The highest BCUT2D eigenvalue weighted by atomic mass is 16.6. The van der Waals surface area contributed by atoms with E-state index in [1.54, 1.807) is 12.4 Å². The number of fused-ring (bicyclic) bond motifs is 1. The molecule has 3 rings (SSSR count). The van der Waals surface area contributed by atoms with Crippen molar-refractivity contribution in [1.82, 2.24) is 9.97 Å². The van der Waals surface area contributed by atoms with Crippen LogP contribution in [0.5, 0.6) is 11.5 Å². The molecular formula is C14H13N3O2. The van der Waals surface area contributed by atoms with Gasteiger partial charge in [0.25, 0.3) is 0 Å². The van der Waals surface area contributed by atoms with Crippen LogP contribution in [0.2, 0.25) is 0 Å². The average molecular weight is 255 g/mol. The standard InChI is InChI=1S/C14H13N3O2/c1-9-6-12-13(19-5-4-18-12)7-10(9)11(8-15)14-16-2-3-17-14/h2-3,6-7,11H,4-5H2,1H3,(H,16,17). The van der Waals surface area contributed by atoms with Crippen LogP contribution in [-0.2, 0) is 0 Å². The molecule has 0 spiro atoms. The number of aryl methyl sites for hydroxylation is 1. The first-order valence-electron chi connectivity index (χ1n) is 6.08. The molecule has 0 saturated carbocycles. The quantitative estimate of drug-likeness (QED) is 0.892. The number of rotatable bonds is 2. The van der Waals surface area contributed by atoms with Gasteiger partial charge in [0.05, 0.1) is 6.07 Å². The molecule has 0 bridgehead atoms. The van der Waals surface area contributed by atoms with Crippen LogP contribution in [0.25, 0.3) is 0 Å². The number of nitrogens with zero attached hydrogens (tertiary/aromatic N) is 2. The van der Waals surface area contributed by atoms with Crippen molar-refractivity contribution in [3.63, 3.8) is 0 Å². The second kappa shape index (κ2) is 4.65. The van der Waals surface area contributed by atoms with Crippen molar-refractivity contribution in [2.75, 3.05) is 13.2 Å². The van der Waals surface area contributed by atoms with Crippen LogP contribution in [0, 0.1) is 18.3 Å². The summed E-state index contributed by atoms with van der Waals surface area (Å²) in [7, 11) is 0. The molecular weight excluding hydrogens is 242 g/mol. The van der Waals surface area contributed by atoms with Gasteiger partial charge in [0.2, 0.25) is 0 Å². The third-order valence-corrected chi connectivity index (χ3v) is 3.16. The summed E-state index contributed by atoms with van der Waals surface area (Å²) in [5.74, 6) is 1.65. The van der Waals surface area contributed by atoms with E-state index in [9.17, 15) is 5.26 Å². The van der Waals surface area contributed by atoms with E-state index in [0.717, 1.165) is 16.9 Å². The van der Waals surface area contributed by atoms with Crippen LogP contribution in [0.3, 0.4) is 0 Å². The first-order chi connectivity index (χ1) is 9.29. The van der Waals surface area contributed by atoms with Gasteiger partial charge in [-0.1, -0.05) is 0 Å². The van der Waals surface area contributed by atoms with Crippen molar-refractivity contribution in [1.29, 1.82) is 5.26 Å². The molecule has 0 amide bonds. The number of nitrogens with one attached hydrogen (secondary N) is 1. The van der Waals surface area contributed by atoms with Gasteiger partial charge in [-0.05, 0) is 30.2 Å². The molecule has 0 fully saturated rings. The Balaban J connectivity index is 2.07. The minimum atomic E-state index is -0.425. The molecule has 0 aliphatic carbocycles. The van der Waals surface area contributed by atoms with Gasteiger partial charge in [-0.3, -0.25) is 0 Å². The second-order valence-electron chi connectivity index (χ2n) is 4.39. The summed E-state index contributed by atoms with van der Waals surface area (Å²) >= 11 is 0. The number of benzene rings is 1. The topological polar surface area (TPSA) is 70.9 Å². The van der Waals surface area contributed by atoms with E-state index in [1.807, 2.05) is 19.1 Å². The summed E-state index contributed by atoms with van der Waals surface area (Å²) < 4.78 is 11.1. The zero-order chi connectivity index (χ0) is 13.2. The predicted molar refractivity (Wildman–Crippen MR) is 68.2 cm³/mol. The highest BCUT2D eigenvalue weighted by Gasteiger charge is 2.22. The molecule has 2 aromatic rings. The van der Waals surface area contributed by atoms with Gasteiger partial charge in [-0.2, -0.15) is 5.26 Å². The minimum absolute atomic E-state index is 0.425. The smallest absolute Gasteiger partial charge is 0.161 e. The molecule has 19 heavy (non-hydrogen) atoms. The molecule has 1 atom stereocenters. The van der Waals surface area contributed by atoms with Gasteiger partial charge in [-0.15, -0.1) is 0 Å². The molecule has 1 aliphatic heterocycles. The molecule has 0 saturated heterocycles. The maximum absolute atomic E-state index is 9.40. The van der Waals surface area contributed by atoms with Gasteiger partial charge in [-0.25, -0.2) is 4.98 Å². The van der Waals surface area contributed by atoms with E-state index in [0.29, 0.717) is 24.8 Å². The summed E-state index contributed by atoms with van der Waals surface area (Å²) in [6, 6.07) is 6.07. The number of aromatic amines is 1. The summed E-state index contributed by atoms with van der Waals surface area (Å²) in [6.07, 6.45) is 3.36. The SMILES string of the molecule is Cc1cc2c(cc1C(C#N)c1ncc[nH]1)OCCO2. The van der Waals surface area contributed by atoms with E-state index >= 15 is 0 Å². The Morgan fingerprint density at radius 3 is 2.68 bits per heavy atom. The van der Waals surface area contributed by atoms with Gasteiger partial charge >= 0.3 is 0 Å². The monoisotopic (exact) mass is 255 g/mol. The lowest BCUT2D eigenvalue weighted by atomic mass is 9.94. The molecule has 0 radical (unpaired) electrons. The maximum Gasteiger partial charge on any atom is 0.161 e. The molecule has 5 nitrogen and oxygen atoms in total. The molecule has 1 aliphatic rings. The van der Waals surface area contributed by atoms with Gasteiger partial charge < -0.3 is 14.5 Å². The summed E-state index contributed by atoms with van der Waals surface area (Å²) in [5.41, 5.74) is 1.88. The van der Waals surface area contributed by atoms with Crippen LogP contribution in [-0.4, -0.2) is 23.2 Å². The number of nitriles is 1. The predicted octanol–water partition coefficient (Wildman–Crippen LogP) is 2.14. The highest BCUT2D eigenvalue weighted by molar-refractivity contribution is 5.51. The molecule has 1 aromatic carbocycles. The fourth-order valence-corrected chi connectivity index (χ4v) is 2.23. The summed E-state index contributed by atoms with van der Waals surface area (Å²) in [4.78, 5) is 7.16. The van der Waals surface area contributed by atoms with Crippen molar-refractivity contribution < 1.29 is 9.47 Å². The summed E-state index contributed by atoms with van der Waals surface area (Å²) in [5, 5.41) is 9.40. The molecule has 1 N–H and O–H groups in total. The Kier molecular flexibility index (Phi) is 2.84. The Bertz CT molecular complexity index is 629. The number of hydrogen-bond donors (Lipinski definition) is 1. The third-order valence-electron chi connectivity index (χ3n) is 3.16. The Morgan fingerprint density at radius 2 is 2.05 bits per heavy atom. The number of ether oxygens (including phenoxy) is 2. The zero-order valence-corrected chi connectivity index (χ0v) is 10.5. The van der Waals surface area contributed by atoms with E-state index in [1.165, 1.54) is 0 Å². The first kappa shape index (κ1) is 11.6. The van der Waals surface area contributed by atoms with Crippen LogP contribution in [0.1, 0.15) is 22.9 Å². The average Bonchev–Trinajstić information content (AvgIpc) is 2.94. The van der Waals surface area contributed by atoms with Crippen molar-refractivity contribution in [3.8, 4) is 17.6 Å². The lowest BCUT2D eigenvalue weighted by molar-refractivity contribution is 0.171. The van der Waals surface area contributed by atoms with Gasteiger partial charge in [0, 0.05) is 12.4 Å². The minimum Gasteiger partial charge on any atom is -0.486 e. The summed E-state index contributed by atoms with van der Waals surface area (Å²) in [6.45, 7) is 3.06. The van der Waals surface area contributed by atoms with E-state index in [-0.39, 0.29) is 0 Å². The van der Waals surface area contributed by atoms with Crippen LogP contribution >= 0.6 is 0 Å². The maximum atomic E-state index is 9.40. The molecule has 1 unspecified atom stereocenters. The molecule has 2 heterocycles. The fraction of sp³-hybridized carbons (Fsp3) is 0.286. The van der Waals surface area contributed by atoms with Gasteiger partial charge in [0.15, 0.2) is 11.5 Å². The zero-order valence-electron chi connectivity index (χ0n) is 10.5. The van der Waals surface area contributed by atoms with E-state index < -0.39 is 5.92 Å². The Morgan fingerprint density at radius 1 is 1.32 bits per heavy atom. The van der Waals surface area contributed by atoms with Crippen LogP contribution in [0.4, 0.5) is 0 Å². The van der Waals surface area contributed by atoms with Crippen LogP contribution in [0.15, 0.2) is 24.5 Å². The Hall–Kier alpha value is -2.48. The number of hydrogen-bond acceptors (Lipinski definition) is 4. The van der Waals surface area contributed by atoms with Gasteiger partial charge in [0.1, 0.15) is 25.0 Å². The first-order valence-corrected chi connectivity index (χ1v) is 6.08. The molecule has 1 aromatic heterocycles. The lowest BCUT2D eigenvalue weighted by Crippen LogP contribution is -2.16. The van der Waals surface area contributed by atoms with Crippen molar-refractivity contribution in [3.05, 3.63) is 41.5 Å².